The van der Waals surface area contributed by atoms with Crippen molar-refractivity contribution in [2.24, 2.45) is 5.92 Å². The van der Waals surface area contributed by atoms with Crippen LogP contribution in [0.5, 0.6) is 0 Å². The van der Waals surface area contributed by atoms with Crippen molar-refractivity contribution in [3.8, 4) is 0 Å². The summed E-state index contributed by atoms with van der Waals surface area (Å²) in [5, 5.41) is 2.92. The zero-order chi connectivity index (χ0) is 17.0. The van der Waals surface area contributed by atoms with Crippen LogP contribution < -0.4 is 10.2 Å². The maximum atomic E-state index is 12.8. The summed E-state index contributed by atoms with van der Waals surface area (Å²) < 4.78 is 0. The number of aromatic nitrogens is 1. The maximum absolute atomic E-state index is 12.8. The van der Waals surface area contributed by atoms with E-state index in [1.807, 2.05) is 32.8 Å². The van der Waals surface area contributed by atoms with Gasteiger partial charge in [0.25, 0.3) is 5.91 Å². The van der Waals surface area contributed by atoms with Crippen molar-refractivity contribution in [1.82, 2.24) is 15.2 Å². The Morgan fingerprint density at radius 2 is 2.22 bits per heavy atom. The highest BCUT2D eigenvalue weighted by molar-refractivity contribution is 7.99. The van der Waals surface area contributed by atoms with Gasteiger partial charge in [0.2, 0.25) is 5.91 Å². The van der Waals surface area contributed by atoms with Crippen molar-refractivity contribution in [2.45, 2.75) is 19.9 Å². The Morgan fingerprint density at radius 3 is 2.87 bits per heavy atom. The molecular formula is C16H24N4O2S. The minimum absolute atomic E-state index is 0.0704. The van der Waals surface area contributed by atoms with Gasteiger partial charge in [-0.2, -0.15) is 0 Å². The fourth-order valence-electron chi connectivity index (χ4n) is 2.24. The highest BCUT2D eigenvalue weighted by Crippen LogP contribution is 2.24. The van der Waals surface area contributed by atoms with E-state index in [1.54, 1.807) is 35.0 Å². The Bertz CT molecular complexity index is 577. The van der Waals surface area contributed by atoms with Crippen LogP contribution in [0.25, 0.3) is 0 Å². The molecule has 0 aliphatic carbocycles. The number of hydrogen-bond donors (Lipinski definition) is 1. The second-order valence-corrected chi connectivity index (χ2v) is 7.23. The SMILES string of the molecule is CC(C)CNC(=O)C1CSCN1C(=O)c1ccnc(N(C)C)c1. The molecule has 1 saturated heterocycles. The summed E-state index contributed by atoms with van der Waals surface area (Å²) in [6, 6.07) is 3.05. The molecule has 0 bridgehead atoms. The van der Waals surface area contributed by atoms with Gasteiger partial charge in [-0.25, -0.2) is 4.98 Å². The van der Waals surface area contributed by atoms with E-state index in [9.17, 15) is 9.59 Å². The number of anilines is 1. The van der Waals surface area contributed by atoms with Gasteiger partial charge < -0.3 is 15.1 Å². The predicted octanol–water partition coefficient (Wildman–Crippen LogP) is 1.43. The van der Waals surface area contributed by atoms with Crippen LogP contribution in [0.2, 0.25) is 0 Å². The first kappa shape index (κ1) is 17.6. The average molecular weight is 336 g/mol. The molecule has 1 aliphatic heterocycles. The van der Waals surface area contributed by atoms with Gasteiger partial charge in [0.1, 0.15) is 11.9 Å². The van der Waals surface area contributed by atoms with E-state index in [0.29, 0.717) is 29.7 Å². The third kappa shape index (κ3) is 4.37. The van der Waals surface area contributed by atoms with Crippen LogP contribution in [0.1, 0.15) is 24.2 Å². The summed E-state index contributed by atoms with van der Waals surface area (Å²) in [4.78, 5) is 32.8. The molecule has 0 spiro atoms. The number of carbonyl (C=O) groups excluding carboxylic acids is 2. The molecule has 1 aromatic heterocycles. The van der Waals surface area contributed by atoms with E-state index in [4.69, 9.17) is 0 Å². The summed E-state index contributed by atoms with van der Waals surface area (Å²) in [6.45, 7) is 4.72. The van der Waals surface area contributed by atoms with Crippen LogP contribution in [0.15, 0.2) is 18.3 Å². The van der Waals surface area contributed by atoms with E-state index >= 15 is 0 Å². The zero-order valence-electron chi connectivity index (χ0n) is 14.1. The highest BCUT2D eigenvalue weighted by Gasteiger charge is 2.35. The van der Waals surface area contributed by atoms with Crippen LogP contribution in [0.4, 0.5) is 5.82 Å². The van der Waals surface area contributed by atoms with Gasteiger partial charge in [0, 0.05) is 38.2 Å². The first-order chi connectivity index (χ1) is 10.9. The summed E-state index contributed by atoms with van der Waals surface area (Å²) >= 11 is 1.60. The van der Waals surface area contributed by atoms with Gasteiger partial charge in [-0.15, -0.1) is 11.8 Å². The molecule has 2 amide bonds. The Hall–Kier alpha value is -1.76. The largest absolute Gasteiger partial charge is 0.363 e. The van der Waals surface area contributed by atoms with Crippen LogP contribution in [0, 0.1) is 5.92 Å². The van der Waals surface area contributed by atoms with Gasteiger partial charge in [-0.05, 0) is 18.1 Å². The van der Waals surface area contributed by atoms with Crippen molar-refractivity contribution in [1.29, 1.82) is 0 Å². The smallest absolute Gasteiger partial charge is 0.255 e. The van der Waals surface area contributed by atoms with E-state index < -0.39 is 6.04 Å². The quantitative estimate of drug-likeness (QED) is 0.881. The van der Waals surface area contributed by atoms with Gasteiger partial charge in [0.05, 0.1) is 5.88 Å². The molecule has 7 heteroatoms. The maximum Gasteiger partial charge on any atom is 0.255 e. The summed E-state index contributed by atoms with van der Waals surface area (Å²) in [7, 11) is 3.76. The summed E-state index contributed by atoms with van der Waals surface area (Å²) in [5.74, 6) is 2.10. The zero-order valence-corrected chi connectivity index (χ0v) is 14.9. The third-order valence-corrected chi connectivity index (χ3v) is 4.59. The molecule has 0 aromatic carbocycles. The fraction of sp³-hybridized carbons (Fsp3) is 0.562. The van der Waals surface area contributed by atoms with Gasteiger partial charge in [0.15, 0.2) is 0 Å². The molecule has 1 unspecified atom stereocenters. The Balaban J connectivity index is 2.11. The third-order valence-electron chi connectivity index (χ3n) is 3.58. The molecule has 126 valence electrons. The topological polar surface area (TPSA) is 65.5 Å². The molecule has 6 nitrogen and oxygen atoms in total. The van der Waals surface area contributed by atoms with Crippen LogP contribution in [-0.2, 0) is 4.79 Å². The molecule has 2 heterocycles. The van der Waals surface area contributed by atoms with Gasteiger partial charge in [-0.3, -0.25) is 9.59 Å². The minimum atomic E-state index is -0.401. The number of carbonyl (C=O) groups is 2. The number of amides is 2. The number of pyridine rings is 1. The summed E-state index contributed by atoms with van der Waals surface area (Å²) in [6.07, 6.45) is 1.62. The lowest BCUT2D eigenvalue weighted by molar-refractivity contribution is -0.124. The minimum Gasteiger partial charge on any atom is -0.363 e. The van der Waals surface area contributed by atoms with Crippen molar-refractivity contribution in [3.63, 3.8) is 0 Å². The van der Waals surface area contributed by atoms with Gasteiger partial charge in [-0.1, -0.05) is 13.8 Å². The number of nitrogens with zero attached hydrogens (tertiary/aromatic N) is 3. The molecule has 23 heavy (non-hydrogen) atoms. The Kier molecular flexibility index (Phi) is 5.87. The van der Waals surface area contributed by atoms with Crippen molar-refractivity contribution in [2.75, 3.05) is 37.2 Å². The lowest BCUT2D eigenvalue weighted by Gasteiger charge is -2.24. The molecule has 1 atom stereocenters. The molecule has 2 rings (SSSR count). The Labute approximate surface area is 141 Å². The first-order valence-electron chi connectivity index (χ1n) is 7.70. The molecule has 1 fully saturated rings. The molecule has 0 saturated carbocycles. The van der Waals surface area contributed by atoms with Crippen molar-refractivity contribution >= 4 is 29.4 Å². The normalized spacial score (nSPS) is 17.4. The predicted molar refractivity (Wildman–Crippen MR) is 93.7 cm³/mol. The van der Waals surface area contributed by atoms with E-state index in [1.165, 1.54) is 0 Å². The lowest BCUT2D eigenvalue weighted by atomic mass is 10.1. The Morgan fingerprint density at radius 1 is 1.48 bits per heavy atom. The molecule has 0 radical (unpaired) electrons. The fourth-order valence-corrected chi connectivity index (χ4v) is 3.40. The highest BCUT2D eigenvalue weighted by atomic mass is 32.2. The second-order valence-electron chi connectivity index (χ2n) is 6.23. The van der Waals surface area contributed by atoms with Crippen LogP contribution >= 0.6 is 11.8 Å². The first-order valence-corrected chi connectivity index (χ1v) is 8.85. The van der Waals surface area contributed by atoms with Crippen molar-refractivity contribution in [3.05, 3.63) is 23.9 Å². The molecular weight excluding hydrogens is 312 g/mol. The van der Waals surface area contributed by atoms with Crippen LogP contribution in [-0.4, -0.2) is 60.0 Å². The van der Waals surface area contributed by atoms with Crippen LogP contribution in [0.3, 0.4) is 0 Å². The summed E-state index contributed by atoms with van der Waals surface area (Å²) in [5.41, 5.74) is 0.563. The standard InChI is InChI=1S/C16H24N4O2S/c1-11(2)8-18-15(21)13-9-23-10-20(13)16(22)12-5-6-17-14(7-12)19(3)4/h5-7,11,13H,8-10H2,1-4H3,(H,18,21). The average Bonchev–Trinajstić information content (AvgIpc) is 3.01. The monoisotopic (exact) mass is 336 g/mol. The number of hydrogen-bond acceptors (Lipinski definition) is 5. The second kappa shape index (κ2) is 7.68. The molecule has 1 aliphatic rings. The number of nitrogens with one attached hydrogen (secondary N) is 1. The van der Waals surface area contributed by atoms with E-state index in [0.717, 1.165) is 5.82 Å². The van der Waals surface area contributed by atoms with Crippen molar-refractivity contribution < 1.29 is 9.59 Å². The van der Waals surface area contributed by atoms with E-state index in [-0.39, 0.29) is 11.8 Å². The van der Waals surface area contributed by atoms with E-state index in [2.05, 4.69) is 10.3 Å². The molecule has 1 N–H and O–H groups in total. The lowest BCUT2D eigenvalue weighted by Crippen LogP contribution is -2.48. The van der Waals surface area contributed by atoms with Gasteiger partial charge >= 0.3 is 0 Å². The number of thioether (sulfide) groups is 1. The number of rotatable bonds is 5. The molecule has 1 aromatic rings.